The van der Waals surface area contributed by atoms with Crippen LogP contribution in [0, 0.1) is 11.8 Å². The highest BCUT2D eigenvalue weighted by molar-refractivity contribution is 7.93. The molecule has 2 N–H and O–H groups in total. The van der Waals surface area contributed by atoms with Crippen LogP contribution in [0.3, 0.4) is 0 Å². The number of piperidine rings is 1. The summed E-state index contributed by atoms with van der Waals surface area (Å²) in [6.07, 6.45) is 3.96. The molecule has 230 valence electrons. The van der Waals surface area contributed by atoms with Crippen LogP contribution in [0.5, 0.6) is 0 Å². The van der Waals surface area contributed by atoms with E-state index in [1.165, 1.54) is 0 Å². The number of pyridine rings is 1. The maximum Gasteiger partial charge on any atom is 0.410 e. The minimum atomic E-state index is -0.530. The van der Waals surface area contributed by atoms with Gasteiger partial charge < -0.3 is 29.1 Å². The van der Waals surface area contributed by atoms with Gasteiger partial charge in [-0.3, -0.25) is 0 Å². The van der Waals surface area contributed by atoms with E-state index in [-0.39, 0.29) is 30.4 Å². The number of aromatic nitrogens is 1. The van der Waals surface area contributed by atoms with Gasteiger partial charge in [0.05, 0.1) is 0 Å². The van der Waals surface area contributed by atoms with E-state index in [2.05, 4.69) is 24.1 Å². The number of ether oxygens (including phenoxy) is 2. The van der Waals surface area contributed by atoms with Crippen LogP contribution in [-0.4, -0.2) is 68.3 Å². The number of carbonyl (C=O) groups excluding carboxylic acids is 2. The molecule has 4 rings (SSSR count). The van der Waals surface area contributed by atoms with Gasteiger partial charge in [-0.1, -0.05) is 36.4 Å². The summed E-state index contributed by atoms with van der Waals surface area (Å²) < 4.78 is 20.8. The largest absolute Gasteiger partial charge is 0.445 e. The van der Waals surface area contributed by atoms with E-state index in [0.29, 0.717) is 48.5 Å². The first-order valence-electron chi connectivity index (χ1n) is 14.9. The van der Waals surface area contributed by atoms with E-state index in [1.54, 1.807) is 11.0 Å². The second kappa shape index (κ2) is 14.0. The number of hydrogen-bond donors (Lipinski definition) is 2. The Morgan fingerprint density at radius 2 is 1.81 bits per heavy atom. The van der Waals surface area contributed by atoms with Gasteiger partial charge in [-0.05, 0) is 96.3 Å². The summed E-state index contributed by atoms with van der Waals surface area (Å²) in [5.41, 5.74) is 0.175. The molecule has 0 spiro atoms. The van der Waals surface area contributed by atoms with Crippen molar-refractivity contribution >= 4 is 30.0 Å². The van der Waals surface area contributed by atoms with Gasteiger partial charge in [0.15, 0.2) is 0 Å². The van der Waals surface area contributed by atoms with Gasteiger partial charge in [-0.2, -0.15) is 0 Å². The molecule has 2 atom stereocenters. The van der Waals surface area contributed by atoms with Gasteiger partial charge in [0.2, 0.25) is 0 Å². The third kappa shape index (κ3) is 9.01. The van der Waals surface area contributed by atoms with Crippen LogP contribution in [0.1, 0.15) is 72.3 Å². The van der Waals surface area contributed by atoms with Crippen LogP contribution in [0.25, 0.3) is 0 Å². The monoisotopic (exact) mass is 598 g/mol. The quantitative estimate of drug-likeness (QED) is 0.290. The third-order valence-corrected chi connectivity index (χ3v) is 8.60. The van der Waals surface area contributed by atoms with Crippen molar-refractivity contribution in [2.75, 3.05) is 25.0 Å². The van der Waals surface area contributed by atoms with Gasteiger partial charge in [0.1, 0.15) is 23.1 Å². The topological polar surface area (TPSA) is 104 Å². The van der Waals surface area contributed by atoms with Gasteiger partial charge in [-0.15, -0.1) is 0 Å². The van der Waals surface area contributed by atoms with Crippen LogP contribution in [0.15, 0.2) is 53.6 Å². The average molecular weight is 599 g/mol. The van der Waals surface area contributed by atoms with Crippen molar-refractivity contribution < 1.29 is 23.6 Å². The molecular formula is C32H46N4O5S. The molecule has 1 aromatic heterocycles. The number of likely N-dealkylation sites (tertiary alicyclic amines) is 2. The molecule has 2 aliphatic heterocycles. The number of benzene rings is 1. The predicted octanol–water partition coefficient (Wildman–Crippen LogP) is 7.29. The molecule has 0 radical (unpaired) electrons. The molecular weight excluding hydrogens is 552 g/mol. The smallest absolute Gasteiger partial charge is 0.410 e. The molecule has 3 heterocycles. The molecule has 2 unspecified atom stereocenters. The number of nitrogens with one attached hydrogen (secondary N) is 1. The molecule has 42 heavy (non-hydrogen) atoms. The first kappa shape index (κ1) is 31.9. The fourth-order valence-corrected chi connectivity index (χ4v) is 6.37. The van der Waals surface area contributed by atoms with Crippen molar-refractivity contribution in [3.63, 3.8) is 0 Å². The zero-order valence-electron chi connectivity index (χ0n) is 25.5. The number of carbonyl (C=O) groups is 2. The molecule has 9 nitrogen and oxygen atoms in total. The average Bonchev–Trinajstić information content (AvgIpc) is 3.28. The van der Waals surface area contributed by atoms with Crippen molar-refractivity contribution in [3.05, 3.63) is 54.1 Å². The maximum absolute atomic E-state index is 12.9. The predicted molar refractivity (Wildman–Crippen MR) is 165 cm³/mol. The molecule has 1 aromatic carbocycles. The number of rotatable bonds is 9. The highest BCUT2D eigenvalue weighted by atomic mass is 32.2. The van der Waals surface area contributed by atoms with Crippen molar-refractivity contribution in [1.29, 1.82) is 0 Å². The van der Waals surface area contributed by atoms with E-state index in [1.807, 2.05) is 68.1 Å². The van der Waals surface area contributed by atoms with Gasteiger partial charge in [0.25, 0.3) is 0 Å². The van der Waals surface area contributed by atoms with Crippen molar-refractivity contribution in [1.82, 2.24) is 14.8 Å². The molecule has 0 bridgehead atoms. The molecule has 2 fully saturated rings. The second-order valence-corrected chi connectivity index (χ2v) is 13.7. The van der Waals surface area contributed by atoms with Gasteiger partial charge in [-0.25, -0.2) is 14.6 Å². The Balaban J connectivity index is 1.37. The summed E-state index contributed by atoms with van der Waals surface area (Å²) >= 11 is 0.634. The van der Waals surface area contributed by atoms with Crippen molar-refractivity contribution in [2.24, 2.45) is 11.8 Å². The number of nitrogens with zero attached hydrogens (tertiary/aromatic N) is 3. The fourth-order valence-electron chi connectivity index (χ4n) is 6.09. The van der Waals surface area contributed by atoms with Crippen molar-refractivity contribution in [3.8, 4) is 0 Å². The Kier molecular flexibility index (Phi) is 10.6. The first-order chi connectivity index (χ1) is 19.9. The fraction of sp³-hybridized carbons (Fsp3) is 0.594. The Labute approximate surface area is 254 Å². The number of amides is 2. The van der Waals surface area contributed by atoms with E-state index in [0.717, 1.165) is 43.5 Å². The van der Waals surface area contributed by atoms with E-state index >= 15 is 0 Å². The van der Waals surface area contributed by atoms with Gasteiger partial charge >= 0.3 is 12.2 Å². The Morgan fingerprint density at radius 3 is 2.48 bits per heavy atom. The summed E-state index contributed by atoms with van der Waals surface area (Å²) in [5, 5.41) is 4.19. The number of anilines is 1. The molecule has 0 aliphatic carbocycles. The van der Waals surface area contributed by atoms with Crippen LogP contribution in [0.2, 0.25) is 0 Å². The van der Waals surface area contributed by atoms with E-state index in [9.17, 15) is 14.1 Å². The highest BCUT2D eigenvalue weighted by Crippen LogP contribution is 2.37. The molecule has 0 saturated carbocycles. The highest BCUT2D eigenvalue weighted by Gasteiger charge is 2.43. The lowest BCUT2D eigenvalue weighted by Gasteiger charge is -2.36. The lowest BCUT2D eigenvalue weighted by Crippen LogP contribution is -2.45. The standard InChI is InChI=1S/C32H46N4O5S/c1-31(2,3)41-30(38)36-21-24(20-32(36,4)5)14-15-26(33-27-12-9-13-28(34-27)42-39)25-16-18-35(19-17-25)29(37)40-22-23-10-7-6-8-11-23/h6-13,24-26,39H,14-22H2,1-5H3,(H,33,34). The lowest BCUT2D eigenvalue weighted by molar-refractivity contribution is 0.0130. The Bertz CT molecular complexity index is 1180. The summed E-state index contributed by atoms with van der Waals surface area (Å²) in [5.74, 6) is 1.43. The van der Waals surface area contributed by atoms with Crippen LogP contribution in [-0.2, 0) is 16.1 Å². The summed E-state index contributed by atoms with van der Waals surface area (Å²) in [7, 11) is 0. The molecule has 2 aromatic rings. The maximum atomic E-state index is 12.9. The summed E-state index contributed by atoms with van der Waals surface area (Å²) in [6.45, 7) is 12.1. The van der Waals surface area contributed by atoms with Crippen LogP contribution in [0.4, 0.5) is 15.4 Å². The summed E-state index contributed by atoms with van der Waals surface area (Å²) in [6, 6.07) is 15.4. The minimum absolute atomic E-state index is 0.137. The zero-order valence-corrected chi connectivity index (χ0v) is 26.4. The Morgan fingerprint density at radius 1 is 1.10 bits per heavy atom. The minimum Gasteiger partial charge on any atom is -0.445 e. The molecule has 10 heteroatoms. The molecule has 2 amide bonds. The van der Waals surface area contributed by atoms with E-state index < -0.39 is 5.60 Å². The molecule has 2 saturated heterocycles. The SMILES string of the molecule is CC(C)(C)OC(=O)N1CC(CCC(Nc2cccc(SO)n2)C2CCN(C(=O)OCc3ccccc3)CC2)CC1(C)C. The third-order valence-electron chi connectivity index (χ3n) is 8.18. The van der Waals surface area contributed by atoms with Crippen LogP contribution < -0.4 is 5.32 Å². The lowest BCUT2D eigenvalue weighted by atomic mass is 9.84. The number of hydrogen-bond acceptors (Lipinski definition) is 8. The van der Waals surface area contributed by atoms with Crippen molar-refractivity contribution in [2.45, 2.75) is 95.5 Å². The normalized spacial score (nSPS) is 19.8. The van der Waals surface area contributed by atoms with Gasteiger partial charge in [0, 0.05) is 43.3 Å². The Hall–Kier alpha value is -2.98. The second-order valence-electron chi connectivity index (χ2n) is 13.1. The van der Waals surface area contributed by atoms with E-state index in [4.69, 9.17) is 9.47 Å². The molecule has 2 aliphatic rings. The summed E-state index contributed by atoms with van der Waals surface area (Å²) in [4.78, 5) is 33.9. The van der Waals surface area contributed by atoms with Crippen LogP contribution >= 0.6 is 12.0 Å². The zero-order chi connectivity index (χ0) is 30.3. The first-order valence-corrected chi connectivity index (χ1v) is 15.7.